The van der Waals surface area contributed by atoms with E-state index in [1.54, 1.807) is 11.8 Å². The van der Waals surface area contributed by atoms with Gasteiger partial charge in [-0.3, -0.25) is 4.79 Å². The first-order valence-electron chi connectivity index (χ1n) is 4.52. The number of rotatable bonds is 4. The second-order valence-corrected chi connectivity index (χ2v) is 4.01. The Labute approximate surface area is 93.2 Å². The van der Waals surface area contributed by atoms with Crippen molar-refractivity contribution < 1.29 is 10.0 Å². The van der Waals surface area contributed by atoms with Crippen LogP contribution in [0.1, 0.15) is 12.5 Å². The Hall–Kier alpha value is -1.29. The van der Waals surface area contributed by atoms with Crippen molar-refractivity contribution in [2.45, 2.75) is 18.2 Å². The van der Waals surface area contributed by atoms with Crippen molar-refractivity contribution in [3.8, 4) is 0 Å². The highest BCUT2D eigenvalue weighted by molar-refractivity contribution is 7.98. The quantitative estimate of drug-likeness (QED) is 0.369. The van der Waals surface area contributed by atoms with Gasteiger partial charge in [0.2, 0.25) is 0 Å². The highest BCUT2D eigenvalue weighted by atomic mass is 32.2. The lowest BCUT2D eigenvalue weighted by atomic mass is 10.1. The molecule has 0 aliphatic heterocycles. The van der Waals surface area contributed by atoms with Gasteiger partial charge >= 0.3 is 0 Å². The van der Waals surface area contributed by atoms with Crippen LogP contribution in [0.15, 0.2) is 34.3 Å². The van der Waals surface area contributed by atoms with Crippen molar-refractivity contribution in [1.29, 1.82) is 0 Å². The maximum Gasteiger partial charge on any atom is 0.177 e. The van der Waals surface area contributed by atoms with Gasteiger partial charge in [-0.2, -0.15) is 0 Å². The summed E-state index contributed by atoms with van der Waals surface area (Å²) in [6.07, 6.45) is 2.38. The van der Waals surface area contributed by atoms with Gasteiger partial charge in [-0.25, -0.2) is 0 Å². The first kappa shape index (κ1) is 11.8. The third-order valence-electron chi connectivity index (χ3n) is 2.06. The number of benzene rings is 1. The zero-order valence-electron chi connectivity index (χ0n) is 8.73. The molecule has 0 radical (unpaired) electrons. The highest BCUT2D eigenvalue weighted by Gasteiger charge is 2.07. The fraction of sp³-hybridized carbons (Fsp3) is 0.273. The monoisotopic (exact) mass is 223 g/mol. The number of hydrogen-bond acceptors (Lipinski definition) is 4. The van der Waals surface area contributed by atoms with E-state index in [1.807, 2.05) is 30.5 Å². The topological polar surface area (TPSA) is 49.7 Å². The number of thioether (sulfide) groups is 1. The fourth-order valence-corrected chi connectivity index (χ4v) is 1.58. The summed E-state index contributed by atoms with van der Waals surface area (Å²) in [4.78, 5) is 12.2. The number of oxime groups is 1. The third-order valence-corrected chi connectivity index (χ3v) is 2.80. The average molecular weight is 223 g/mol. The SMILES string of the molecule is CSc1ccc(C/C(=N\O)C(C)=O)cc1. The molecule has 80 valence electrons. The van der Waals surface area contributed by atoms with Crippen LogP contribution in [0.5, 0.6) is 0 Å². The largest absolute Gasteiger partial charge is 0.411 e. The molecule has 0 fully saturated rings. The molecule has 0 heterocycles. The van der Waals surface area contributed by atoms with Crippen molar-refractivity contribution in [2.24, 2.45) is 5.16 Å². The minimum absolute atomic E-state index is 0.187. The van der Waals surface area contributed by atoms with Crippen molar-refractivity contribution in [3.63, 3.8) is 0 Å². The van der Waals surface area contributed by atoms with Gasteiger partial charge < -0.3 is 5.21 Å². The van der Waals surface area contributed by atoms with Gasteiger partial charge in [0.25, 0.3) is 0 Å². The molecule has 0 aromatic heterocycles. The number of carbonyl (C=O) groups is 1. The molecule has 1 aromatic carbocycles. The molecular weight excluding hydrogens is 210 g/mol. The maximum atomic E-state index is 11.0. The van der Waals surface area contributed by atoms with Crippen LogP contribution in [0, 0.1) is 0 Å². The van der Waals surface area contributed by atoms with Gasteiger partial charge in [-0.15, -0.1) is 11.8 Å². The molecule has 3 nitrogen and oxygen atoms in total. The van der Waals surface area contributed by atoms with Gasteiger partial charge in [-0.1, -0.05) is 17.3 Å². The molecule has 0 spiro atoms. The Kier molecular flexibility index (Phi) is 4.37. The average Bonchev–Trinajstić information content (AvgIpc) is 2.26. The molecule has 0 aliphatic carbocycles. The number of Topliss-reactive ketones (excluding diaryl/α,β-unsaturated/α-hetero) is 1. The van der Waals surface area contributed by atoms with Crippen LogP contribution in [-0.4, -0.2) is 23.0 Å². The number of ketones is 1. The molecule has 1 N–H and O–H groups in total. The van der Waals surface area contributed by atoms with Crippen LogP contribution >= 0.6 is 11.8 Å². The molecule has 0 unspecified atom stereocenters. The van der Waals surface area contributed by atoms with Crippen molar-refractivity contribution in [1.82, 2.24) is 0 Å². The smallest absolute Gasteiger partial charge is 0.177 e. The van der Waals surface area contributed by atoms with Gasteiger partial charge in [0, 0.05) is 18.2 Å². The lowest BCUT2D eigenvalue weighted by Crippen LogP contribution is -2.13. The number of nitrogens with zero attached hydrogens (tertiary/aromatic N) is 1. The van der Waals surface area contributed by atoms with Crippen LogP contribution in [0.4, 0.5) is 0 Å². The van der Waals surface area contributed by atoms with E-state index in [0.717, 1.165) is 5.56 Å². The molecule has 0 saturated heterocycles. The lowest BCUT2D eigenvalue weighted by molar-refractivity contribution is -0.111. The predicted molar refractivity (Wildman–Crippen MR) is 61.8 cm³/mol. The van der Waals surface area contributed by atoms with E-state index in [1.165, 1.54) is 11.8 Å². The van der Waals surface area contributed by atoms with Gasteiger partial charge in [0.1, 0.15) is 5.71 Å². The second kappa shape index (κ2) is 5.56. The molecule has 1 rings (SSSR count). The summed E-state index contributed by atoms with van der Waals surface area (Å²) in [6, 6.07) is 7.82. The minimum Gasteiger partial charge on any atom is -0.411 e. The fourth-order valence-electron chi connectivity index (χ4n) is 1.17. The van der Waals surface area contributed by atoms with Crippen LogP contribution in [0.25, 0.3) is 0 Å². The molecule has 15 heavy (non-hydrogen) atoms. The summed E-state index contributed by atoms with van der Waals surface area (Å²) in [5.74, 6) is -0.202. The summed E-state index contributed by atoms with van der Waals surface area (Å²) in [5, 5.41) is 11.6. The maximum absolute atomic E-state index is 11.0. The standard InChI is InChI=1S/C11H13NO2S/c1-8(13)11(12-14)7-9-3-5-10(15-2)6-4-9/h3-6,14H,7H2,1-2H3/b12-11+. The van der Waals surface area contributed by atoms with Crippen molar-refractivity contribution in [2.75, 3.05) is 6.26 Å². The summed E-state index contributed by atoms with van der Waals surface area (Å²) in [7, 11) is 0. The van der Waals surface area contributed by atoms with Gasteiger partial charge in [-0.05, 0) is 24.0 Å². The third kappa shape index (κ3) is 3.40. The molecular formula is C11H13NO2S. The molecule has 0 atom stereocenters. The normalized spacial score (nSPS) is 11.5. The Morgan fingerprint density at radius 1 is 1.40 bits per heavy atom. The van der Waals surface area contributed by atoms with Crippen LogP contribution in [-0.2, 0) is 11.2 Å². The molecule has 4 heteroatoms. The zero-order chi connectivity index (χ0) is 11.3. The Morgan fingerprint density at radius 3 is 2.40 bits per heavy atom. The Bertz CT molecular complexity index is 371. The van der Waals surface area contributed by atoms with Crippen molar-refractivity contribution in [3.05, 3.63) is 29.8 Å². The van der Waals surface area contributed by atoms with Crippen LogP contribution in [0.2, 0.25) is 0 Å². The summed E-state index contributed by atoms with van der Waals surface area (Å²) in [5.41, 5.74) is 1.16. The van der Waals surface area contributed by atoms with Gasteiger partial charge in [0.15, 0.2) is 5.78 Å². The number of hydrogen-bond donors (Lipinski definition) is 1. The Balaban J connectivity index is 2.76. The van der Waals surface area contributed by atoms with Gasteiger partial charge in [0.05, 0.1) is 0 Å². The van der Waals surface area contributed by atoms with E-state index in [2.05, 4.69) is 5.16 Å². The summed E-state index contributed by atoms with van der Waals surface area (Å²) < 4.78 is 0. The minimum atomic E-state index is -0.202. The predicted octanol–water partition coefficient (Wildman–Crippen LogP) is 2.37. The van der Waals surface area contributed by atoms with E-state index >= 15 is 0 Å². The lowest BCUT2D eigenvalue weighted by Gasteiger charge is -2.02. The van der Waals surface area contributed by atoms with Crippen LogP contribution in [0.3, 0.4) is 0 Å². The van der Waals surface area contributed by atoms with E-state index < -0.39 is 0 Å². The first-order chi connectivity index (χ1) is 7.17. The molecule has 0 saturated carbocycles. The molecule has 0 aliphatic rings. The van der Waals surface area contributed by atoms with E-state index in [4.69, 9.17) is 5.21 Å². The molecule has 0 amide bonds. The zero-order valence-corrected chi connectivity index (χ0v) is 9.54. The van der Waals surface area contributed by atoms with E-state index in [9.17, 15) is 4.79 Å². The highest BCUT2D eigenvalue weighted by Crippen LogP contribution is 2.15. The summed E-state index contributed by atoms with van der Waals surface area (Å²) >= 11 is 1.66. The van der Waals surface area contributed by atoms with Crippen LogP contribution < -0.4 is 0 Å². The summed E-state index contributed by atoms with van der Waals surface area (Å²) in [6.45, 7) is 1.39. The Morgan fingerprint density at radius 2 is 2.00 bits per heavy atom. The van der Waals surface area contributed by atoms with E-state index in [0.29, 0.717) is 6.42 Å². The molecule has 0 bridgehead atoms. The van der Waals surface area contributed by atoms with Crippen molar-refractivity contribution >= 4 is 23.3 Å². The first-order valence-corrected chi connectivity index (χ1v) is 5.74. The number of carbonyl (C=O) groups excluding carboxylic acids is 1. The second-order valence-electron chi connectivity index (χ2n) is 3.13. The molecule has 1 aromatic rings. The van der Waals surface area contributed by atoms with E-state index in [-0.39, 0.29) is 11.5 Å².